The highest BCUT2D eigenvalue weighted by molar-refractivity contribution is 5.92. The summed E-state index contributed by atoms with van der Waals surface area (Å²) in [7, 11) is 0. The normalized spacial score (nSPS) is 11.2. The summed E-state index contributed by atoms with van der Waals surface area (Å²) in [6, 6.07) is 8.04. The van der Waals surface area contributed by atoms with Crippen molar-refractivity contribution in [2.24, 2.45) is 0 Å². The first-order chi connectivity index (χ1) is 11.7. The molecule has 0 unspecified atom stereocenters. The number of hydrogen-bond acceptors (Lipinski definition) is 3. The third-order valence-corrected chi connectivity index (χ3v) is 4.16. The molecule has 24 heavy (non-hydrogen) atoms. The minimum Gasteiger partial charge on any atom is -0.361 e. The second kappa shape index (κ2) is 5.81. The highest BCUT2D eigenvalue weighted by Crippen LogP contribution is 2.21. The van der Waals surface area contributed by atoms with Gasteiger partial charge in [-0.1, -0.05) is 18.2 Å². The maximum absolute atomic E-state index is 12.2. The number of carbonyl (C=O) groups excluding carboxylic acids is 1. The molecule has 0 fully saturated rings. The Bertz CT molecular complexity index is 997. The Morgan fingerprint density at radius 3 is 3.12 bits per heavy atom. The zero-order valence-electron chi connectivity index (χ0n) is 13.3. The third-order valence-electron chi connectivity index (χ3n) is 4.16. The molecule has 0 aliphatic carbocycles. The molecule has 120 valence electrons. The fourth-order valence-electron chi connectivity index (χ4n) is 2.91. The minimum atomic E-state index is -0.184. The van der Waals surface area contributed by atoms with Crippen LogP contribution in [0, 0.1) is 6.92 Å². The van der Waals surface area contributed by atoms with Crippen molar-refractivity contribution >= 4 is 22.6 Å². The molecule has 4 rings (SSSR count). The van der Waals surface area contributed by atoms with Gasteiger partial charge >= 0.3 is 0 Å². The van der Waals surface area contributed by atoms with Crippen LogP contribution < -0.4 is 5.32 Å². The van der Waals surface area contributed by atoms with E-state index in [0.717, 1.165) is 11.9 Å². The van der Waals surface area contributed by atoms with Crippen molar-refractivity contribution in [2.75, 3.05) is 6.54 Å². The number of H-pyrrole nitrogens is 1. The van der Waals surface area contributed by atoms with E-state index in [4.69, 9.17) is 0 Å². The summed E-state index contributed by atoms with van der Waals surface area (Å²) < 4.78 is 1.73. The number of nitrogens with zero attached hydrogens (tertiary/aromatic N) is 3. The first-order valence-electron chi connectivity index (χ1n) is 7.86. The number of benzene rings is 1. The van der Waals surface area contributed by atoms with Crippen LogP contribution in [-0.4, -0.2) is 31.8 Å². The fraction of sp³-hybridized carbons (Fsp3) is 0.167. The number of para-hydroxylation sites is 1. The summed E-state index contributed by atoms with van der Waals surface area (Å²) in [4.78, 5) is 23.9. The first kappa shape index (κ1) is 14.4. The van der Waals surface area contributed by atoms with E-state index in [1.165, 1.54) is 16.5 Å². The van der Waals surface area contributed by atoms with Gasteiger partial charge in [-0.05, 0) is 30.5 Å². The van der Waals surface area contributed by atoms with E-state index in [-0.39, 0.29) is 5.91 Å². The molecule has 3 heterocycles. The van der Waals surface area contributed by atoms with Crippen LogP contribution in [0.25, 0.3) is 16.7 Å². The van der Waals surface area contributed by atoms with Crippen LogP contribution in [0.1, 0.15) is 21.6 Å². The summed E-state index contributed by atoms with van der Waals surface area (Å²) in [5.74, 6) is 0.339. The highest BCUT2D eigenvalue weighted by atomic mass is 16.1. The quantitative estimate of drug-likeness (QED) is 0.607. The molecular formula is C18H17N5O. The Kier molecular flexibility index (Phi) is 3.49. The summed E-state index contributed by atoms with van der Waals surface area (Å²) >= 11 is 0. The van der Waals surface area contributed by atoms with Crippen molar-refractivity contribution < 1.29 is 4.79 Å². The second-order valence-electron chi connectivity index (χ2n) is 5.77. The van der Waals surface area contributed by atoms with Gasteiger partial charge in [0.05, 0.1) is 0 Å². The summed E-state index contributed by atoms with van der Waals surface area (Å²) in [6.45, 7) is 2.64. The van der Waals surface area contributed by atoms with E-state index in [1.807, 2.05) is 12.4 Å². The van der Waals surface area contributed by atoms with E-state index in [0.29, 0.717) is 18.0 Å². The Labute approximate surface area is 138 Å². The van der Waals surface area contributed by atoms with Gasteiger partial charge in [0.2, 0.25) is 5.78 Å². The van der Waals surface area contributed by atoms with Gasteiger partial charge in [-0.2, -0.15) is 0 Å². The molecule has 2 N–H and O–H groups in total. The Morgan fingerprint density at radius 2 is 2.25 bits per heavy atom. The van der Waals surface area contributed by atoms with Crippen molar-refractivity contribution in [1.82, 2.24) is 24.7 Å². The van der Waals surface area contributed by atoms with Crippen LogP contribution in [0.4, 0.5) is 0 Å². The van der Waals surface area contributed by atoms with Crippen molar-refractivity contribution in [3.8, 4) is 0 Å². The summed E-state index contributed by atoms with van der Waals surface area (Å²) in [5.41, 5.74) is 3.96. The van der Waals surface area contributed by atoms with Gasteiger partial charge in [0, 0.05) is 42.2 Å². The number of carbonyl (C=O) groups is 1. The lowest BCUT2D eigenvalue weighted by Gasteiger charge is -2.03. The first-order valence-corrected chi connectivity index (χ1v) is 7.86. The molecule has 6 nitrogen and oxygen atoms in total. The average molecular weight is 319 g/mol. The van der Waals surface area contributed by atoms with Crippen molar-refractivity contribution in [2.45, 2.75) is 13.3 Å². The molecule has 0 aliphatic heterocycles. The van der Waals surface area contributed by atoms with Crippen LogP contribution in [0.5, 0.6) is 0 Å². The molecule has 1 aromatic carbocycles. The molecule has 0 saturated heterocycles. The minimum absolute atomic E-state index is 0.184. The van der Waals surface area contributed by atoms with E-state index in [1.54, 1.807) is 22.9 Å². The second-order valence-corrected chi connectivity index (χ2v) is 5.77. The van der Waals surface area contributed by atoms with Crippen LogP contribution in [0.3, 0.4) is 0 Å². The molecule has 0 radical (unpaired) electrons. The molecular weight excluding hydrogens is 302 g/mol. The number of amides is 1. The lowest BCUT2D eigenvalue weighted by molar-refractivity contribution is 0.0950. The zero-order valence-corrected chi connectivity index (χ0v) is 13.3. The van der Waals surface area contributed by atoms with Crippen LogP contribution in [0.15, 0.2) is 49.1 Å². The Hall–Kier alpha value is -3.15. The van der Waals surface area contributed by atoms with Gasteiger partial charge in [-0.25, -0.2) is 9.97 Å². The van der Waals surface area contributed by atoms with Crippen LogP contribution in [-0.2, 0) is 6.42 Å². The number of rotatable bonds is 4. The number of fused-ring (bicyclic) bond motifs is 2. The van der Waals surface area contributed by atoms with Gasteiger partial charge in [0.15, 0.2) is 0 Å². The largest absolute Gasteiger partial charge is 0.361 e. The summed E-state index contributed by atoms with van der Waals surface area (Å²) in [5, 5.41) is 4.13. The lowest BCUT2D eigenvalue weighted by atomic mass is 10.1. The van der Waals surface area contributed by atoms with Crippen molar-refractivity contribution in [1.29, 1.82) is 0 Å². The number of aromatic nitrogens is 4. The Morgan fingerprint density at radius 1 is 1.33 bits per heavy atom. The molecule has 0 saturated carbocycles. The van der Waals surface area contributed by atoms with Gasteiger partial charge in [-0.15, -0.1) is 0 Å². The molecule has 1 amide bonds. The van der Waals surface area contributed by atoms with Gasteiger partial charge < -0.3 is 10.3 Å². The van der Waals surface area contributed by atoms with E-state index in [2.05, 4.69) is 45.4 Å². The predicted molar refractivity (Wildman–Crippen MR) is 92.1 cm³/mol. The number of nitrogens with one attached hydrogen (secondary N) is 2. The highest BCUT2D eigenvalue weighted by Gasteiger charge is 2.11. The molecule has 4 aromatic rings. The maximum Gasteiger partial charge on any atom is 0.271 e. The van der Waals surface area contributed by atoms with Gasteiger partial charge in [0.1, 0.15) is 5.69 Å². The number of hydrogen-bond donors (Lipinski definition) is 2. The predicted octanol–water partition coefficient (Wildman–Crippen LogP) is 2.49. The average Bonchev–Trinajstić information content (AvgIpc) is 3.20. The maximum atomic E-state index is 12.2. The van der Waals surface area contributed by atoms with Crippen LogP contribution >= 0.6 is 0 Å². The molecule has 0 spiro atoms. The van der Waals surface area contributed by atoms with Crippen molar-refractivity contribution in [3.63, 3.8) is 0 Å². The number of imidazole rings is 1. The molecule has 3 aromatic heterocycles. The molecule has 0 aliphatic rings. The standard InChI is InChI=1S/C18H17N5O/c1-12-4-2-5-14-13(10-21-16(12)14)6-8-19-17(24)15-11-23-9-3-7-20-18(23)22-15/h2-5,7,9-11,21H,6,8H2,1H3,(H,19,24). The third kappa shape index (κ3) is 2.52. The van der Waals surface area contributed by atoms with E-state index >= 15 is 0 Å². The van der Waals surface area contributed by atoms with E-state index < -0.39 is 0 Å². The summed E-state index contributed by atoms with van der Waals surface area (Å²) in [6.07, 6.45) is 7.94. The van der Waals surface area contributed by atoms with Gasteiger partial charge in [0.25, 0.3) is 5.91 Å². The smallest absolute Gasteiger partial charge is 0.271 e. The topological polar surface area (TPSA) is 75.1 Å². The van der Waals surface area contributed by atoms with Crippen molar-refractivity contribution in [3.05, 3.63) is 65.9 Å². The fourth-order valence-corrected chi connectivity index (χ4v) is 2.91. The molecule has 0 bridgehead atoms. The molecule has 6 heteroatoms. The monoisotopic (exact) mass is 319 g/mol. The molecule has 0 atom stereocenters. The SMILES string of the molecule is Cc1cccc2c(CCNC(=O)c3cn4cccnc4n3)c[nH]c12. The van der Waals surface area contributed by atoms with E-state index in [9.17, 15) is 4.79 Å². The number of aromatic amines is 1. The van der Waals surface area contributed by atoms with Crippen LogP contribution in [0.2, 0.25) is 0 Å². The van der Waals surface area contributed by atoms with Gasteiger partial charge in [-0.3, -0.25) is 9.20 Å². The number of aryl methyl sites for hydroxylation is 1. The lowest BCUT2D eigenvalue weighted by Crippen LogP contribution is -2.25. The Balaban J connectivity index is 1.44. The zero-order chi connectivity index (χ0) is 16.5.